The zero-order valence-corrected chi connectivity index (χ0v) is 16.0. The smallest absolute Gasteiger partial charge is 0.0801 e. The molecular formula is C20H20Cl3NO. The summed E-state index contributed by atoms with van der Waals surface area (Å²) in [5, 5.41) is 5.62. The highest BCUT2D eigenvalue weighted by molar-refractivity contribution is 6.42. The van der Waals surface area contributed by atoms with Crippen molar-refractivity contribution in [1.82, 2.24) is 5.32 Å². The summed E-state index contributed by atoms with van der Waals surface area (Å²) in [4.78, 5) is 0. The molecule has 0 amide bonds. The SMILES string of the molecule is Clc1ccc(C2CC3CCC(N3)C2OCc2ccc(Cl)c(Cl)c2)cc1. The van der Waals surface area contributed by atoms with Crippen molar-refractivity contribution in [2.45, 2.75) is 50.0 Å². The fraction of sp³-hybridized carbons (Fsp3) is 0.400. The lowest BCUT2D eigenvalue weighted by molar-refractivity contribution is -0.0133. The highest BCUT2D eigenvalue weighted by Crippen LogP contribution is 2.40. The minimum absolute atomic E-state index is 0.148. The van der Waals surface area contributed by atoms with Crippen LogP contribution in [0.1, 0.15) is 36.3 Å². The van der Waals surface area contributed by atoms with Gasteiger partial charge in [0.1, 0.15) is 0 Å². The van der Waals surface area contributed by atoms with Crippen molar-refractivity contribution in [2.75, 3.05) is 0 Å². The third-order valence-electron chi connectivity index (χ3n) is 5.33. The number of hydrogen-bond acceptors (Lipinski definition) is 2. The number of rotatable bonds is 4. The second-order valence-electron chi connectivity index (χ2n) is 6.97. The normalized spacial score (nSPS) is 28.3. The molecule has 2 aliphatic heterocycles. The first-order valence-corrected chi connectivity index (χ1v) is 9.80. The van der Waals surface area contributed by atoms with Crippen molar-refractivity contribution in [2.24, 2.45) is 0 Å². The van der Waals surface area contributed by atoms with Crippen molar-refractivity contribution >= 4 is 34.8 Å². The highest BCUT2D eigenvalue weighted by atomic mass is 35.5. The molecule has 25 heavy (non-hydrogen) atoms. The molecule has 0 aliphatic carbocycles. The Morgan fingerprint density at radius 1 is 0.960 bits per heavy atom. The van der Waals surface area contributed by atoms with Crippen molar-refractivity contribution in [1.29, 1.82) is 0 Å². The topological polar surface area (TPSA) is 21.3 Å². The molecular weight excluding hydrogens is 377 g/mol. The van der Waals surface area contributed by atoms with E-state index in [2.05, 4.69) is 17.4 Å². The summed E-state index contributed by atoms with van der Waals surface area (Å²) >= 11 is 18.2. The molecule has 5 heteroatoms. The second-order valence-corrected chi connectivity index (χ2v) is 8.22. The standard InChI is InChI=1S/C20H20Cl3NO/c21-14-4-2-13(3-5-14)16-10-15-6-8-19(24-15)20(16)25-11-12-1-7-17(22)18(23)9-12/h1-5,7,9,15-16,19-20,24H,6,8,10-11H2. The lowest BCUT2D eigenvalue weighted by Crippen LogP contribution is -2.49. The number of piperidine rings is 1. The molecule has 4 atom stereocenters. The van der Waals surface area contributed by atoms with Gasteiger partial charge >= 0.3 is 0 Å². The Morgan fingerprint density at radius 3 is 2.52 bits per heavy atom. The molecule has 4 unspecified atom stereocenters. The monoisotopic (exact) mass is 395 g/mol. The quantitative estimate of drug-likeness (QED) is 0.701. The zero-order chi connectivity index (χ0) is 17.4. The maximum Gasteiger partial charge on any atom is 0.0801 e. The first-order chi connectivity index (χ1) is 12.1. The van der Waals surface area contributed by atoms with Crippen LogP contribution in [0, 0.1) is 0 Å². The van der Waals surface area contributed by atoms with Crippen LogP contribution in [0.2, 0.25) is 15.1 Å². The number of benzene rings is 2. The van der Waals surface area contributed by atoms with Crippen LogP contribution < -0.4 is 5.32 Å². The van der Waals surface area contributed by atoms with Gasteiger partial charge < -0.3 is 10.1 Å². The van der Waals surface area contributed by atoms with Gasteiger partial charge in [-0.15, -0.1) is 0 Å². The fourth-order valence-corrected chi connectivity index (χ4v) is 4.55. The Kier molecular flexibility index (Phi) is 5.26. The molecule has 132 valence electrons. The third-order valence-corrected chi connectivity index (χ3v) is 6.32. The van der Waals surface area contributed by atoms with E-state index in [1.807, 2.05) is 30.3 Å². The Labute approximate surface area is 163 Å². The molecule has 2 nitrogen and oxygen atoms in total. The molecule has 0 radical (unpaired) electrons. The van der Waals surface area contributed by atoms with Gasteiger partial charge in [0.15, 0.2) is 0 Å². The van der Waals surface area contributed by atoms with Gasteiger partial charge in [0.25, 0.3) is 0 Å². The van der Waals surface area contributed by atoms with Crippen molar-refractivity contribution in [3.8, 4) is 0 Å². The van der Waals surface area contributed by atoms with Crippen LogP contribution in [0.3, 0.4) is 0 Å². The minimum atomic E-state index is 0.148. The van der Waals surface area contributed by atoms with Crippen molar-refractivity contribution in [3.63, 3.8) is 0 Å². The first kappa shape index (κ1) is 17.6. The maximum atomic E-state index is 6.39. The fourth-order valence-electron chi connectivity index (χ4n) is 4.11. The van der Waals surface area contributed by atoms with Gasteiger partial charge in [-0.05, 0) is 54.7 Å². The summed E-state index contributed by atoms with van der Waals surface area (Å²) in [5.74, 6) is 0.388. The van der Waals surface area contributed by atoms with Crippen molar-refractivity contribution < 1.29 is 4.74 Å². The van der Waals surface area contributed by atoms with E-state index in [1.54, 1.807) is 0 Å². The average Bonchev–Trinajstić information content (AvgIpc) is 3.00. The van der Waals surface area contributed by atoms with Gasteiger partial charge in [0.2, 0.25) is 0 Å². The molecule has 2 aromatic carbocycles. The molecule has 1 N–H and O–H groups in total. The summed E-state index contributed by atoms with van der Waals surface area (Å²) in [6.45, 7) is 0.536. The van der Waals surface area contributed by atoms with Crippen LogP contribution in [0.25, 0.3) is 0 Å². The Morgan fingerprint density at radius 2 is 1.76 bits per heavy atom. The summed E-state index contributed by atoms with van der Waals surface area (Å²) < 4.78 is 6.39. The van der Waals surface area contributed by atoms with Gasteiger partial charge in [0.05, 0.1) is 22.8 Å². The predicted molar refractivity (Wildman–Crippen MR) is 104 cm³/mol. The maximum absolute atomic E-state index is 6.39. The number of fused-ring (bicyclic) bond motifs is 2. The molecule has 2 heterocycles. The Balaban J connectivity index is 1.53. The average molecular weight is 397 g/mol. The highest BCUT2D eigenvalue weighted by Gasteiger charge is 2.42. The lowest BCUT2D eigenvalue weighted by atomic mass is 9.83. The minimum Gasteiger partial charge on any atom is -0.371 e. The van der Waals surface area contributed by atoms with Crippen LogP contribution in [-0.2, 0) is 11.3 Å². The molecule has 0 aromatic heterocycles. The summed E-state index contributed by atoms with van der Waals surface area (Å²) in [6, 6.07) is 14.9. The Bertz CT molecular complexity index is 749. The van der Waals surface area contributed by atoms with Gasteiger partial charge in [-0.2, -0.15) is 0 Å². The molecule has 4 rings (SSSR count). The number of hydrogen-bond donors (Lipinski definition) is 1. The van der Waals surface area contributed by atoms with Gasteiger partial charge in [-0.1, -0.05) is 53.0 Å². The molecule has 0 spiro atoms. The Hall–Kier alpha value is -0.770. The van der Waals surface area contributed by atoms with E-state index >= 15 is 0 Å². The zero-order valence-electron chi connectivity index (χ0n) is 13.7. The van der Waals surface area contributed by atoms with Crippen LogP contribution in [0.15, 0.2) is 42.5 Å². The van der Waals surface area contributed by atoms with E-state index < -0.39 is 0 Å². The summed E-state index contributed by atoms with van der Waals surface area (Å²) in [7, 11) is 0. The summed E-state index contributed by atoms with van der Waals surface area (Å²) in [6.07, 6.45) is 3.64. The van der Waals surface area contributed by atoms with Gasteiger partial charge in [-0.3, -0.25) is 0 Å². The van der Waals surface area contributed by atoms with E-state index in [0.29, 0.717) is 34.7 Å². The molecule has 2 bridgehead atoms. The second kappa shape index (κ2) is 7.46. The molecule has 2 saturated heterocycles. The number of ether oxygens (including phenoxy) is 1. The van der Waals surface area contributed by atoms with E-state index in [-0.39, 0.29) is 6.10 Å². The van der Waals surface area contributed by atoms with Crippen LogP contribution in [0.4, 0.5) is 0 Å². The molecule has 0 saturated carbocycles. The van der Waals surface area contributed by atoms with Gasteiger partial charge in [0, 0.05) is 23.0 Å². The van der Waals surface area contributed by atoms with E-state index in [9.17, 15) is 0 Å². The van der Waals surface area contributed by atoms with Crippen LogP contribution in [-0.4, -0.2) is 18.2 Å². The van der Waals surface area contributed by atoms with Crippen LogP contribution >= 0.6 is 34.8 Å². The van der Waals surface area contributed by atoms with E-state index in [0.717, 1.165) is 17.0 Å². The predicted octanol–water partition coefficient (Wildman–Crippen LogP) is 5.84. The van der Waals surface area contributed by atoms with Crippen LogP contribution in [0.5, 0.6) is 0 Å². The third kappa shape index (κ3) is 3.84. The lowest BCUT2D eigenvalue weighted by Gasteiger charge is -2.38. The summed E-state index contributed by atoms with van der Waals surface area (Å²) in [5.41, 5.74) is 2.35. The first-order valence-electron chi connectivity index (χ1n) is 8.67. The van der Waals surface area contributed by atoms with E-state index in [4.69, 9.17) is 39.5 Å². The van der Waals surface area contributed by atoms with E-state index in [1.165, 1.54) is 18.4 Å². The molecule has 2 fully saturated rings. The van der Waals surface area contributed by atoms with Gasteiger partial charge in [-0.25, -0.2) is 0 Å². The molecule has 2 aliphatic rings. The number of nitrogens with one attached hydrogen (secondary N) is 1. The number of halogens is 3. The molecule has 2 aromatic rings. The van der Waals surface area contributed by atoms with Crippen molar-refractivity contribution in [3.05, 3.63) is 68.7 Å². The largest absolute Gasteiger partial charge is 0.371 e.